The van der Waals surface area contributed by atoms with E-state index in [1.807, 2.05) is 34.7 Å². The molecule has 0 aliphatic rings. The standard InChI is InChI=1S/C14H10N4S/c1-9-7-11-13-17-15-8-18(13)12(16-14(11)19-9)10-5-3-2-4-6-10/h2-8H,1H3. The minimum atomic E-state index is 0.869. The van der Waals surface area contributed by atoms with Crippen LogP contribution in [0.5, 0.6) is 0 Å². The Morgan fingerprint density at radius 3 is 2.84 bits per heavy atom. The van der Waals surface area contributed by atoms with Crippen LogP contribution in [0.1, 0.15) is 4.88 Å². The summed E-state index contributed by atoms with van der Waals surface area (Å²) < 4.78 is 1.95. The smallest absolute Gasteiger partial charge is 0.172 e. The Balaban J connectivity index is 2.16. The first-order valence-corrected chi connectivity index (χ1v) is 6.80. The van der Waals surface area contributed by atoms with Crippen molar-refractivity contribution < 1.29 is 0 Å². The summed E-state index contributed by atoms with van der Waals surface area (Å²) in [6, 6.07) is 12.2. The summed E-state index contributed by atoms with van der Waals surface area (Å²) in [5, 5.41) is 9.32. The third kappa shape index (κ3) is 1.55. The van der Waals surface area contributed by atoms with Crippen LogP contribution in [-0.2, 0) is 0 Å². The van der Waals surface area contributed by atoms with E-state index < -0.39 is 0 Å². The van der Waals surface area contributed by atoms with Crippen LogP contribution in [0, 0.1) is 6.92 Å². The largest absolute Gasteiger partial charge is 0.264 e. The van der Waals surface area contributed by atoms with Crippen LogP contribution in [0.2, 0.25) is 0 Å². The van der Waals surface area contributed by atoms with Gasteiger partial charge in [-0.3, -0.25) is 4.40 Å². The molecule has 0 unspecified atom stereocenters. The zero-order valence-electron chi connectivity index (χ0n) is 10.2. The molecule has 4 nitrogen and oxygen atoms in total. The minimum absolute atomic E-state index is 0.869. The first-order valence-electron chi connectivity index (χ1n) is 5.98. The summed E-state index contributed by atoms with van der Waals surface area (Å²) in [5.41, 5.74) is 1.94. The zero-order chi connectivity index (χ0) is 12.8. The molecule has 0 N–H and O–H groups in total. The van der Waals surface area contributed by atoms with Crippen LogP contribution in [0.3, 0.4) is 0 Å². The first-order chi connectivity index (χ1) is 9.33. The third-order valence-corrected chi connectivity index (χ3v) is 4.04. The second-order valence-electron chi connectivity index (χ2n) is 4.40. The molecule has 4 rings (SSSR count). The number of nitrogens with zero attached hydrogens (tertiary/aromatic N) is 4. The molecular formula is C14H10N4S. The first kappa shape index (κ1) is 10.6. The topological polar surface area (TPSA) is 43.1 Å². The van der Waals surface area contributed by atoms with Gasteiger partial charge >= 0.3 is 0 Å². The average molecular weight is 266 g/mol. The Kier molecular flexibility index (Phi) is 2.16. The molecule has 0 amide bonds. The molecule has 92 valence electrons. The molecule has 0 spiro atoms. The number of hydrogen-bond acceptors (Lipinski definition) is 4. The molecule has 0 aliphatic carbocycles. The Hall–Kier alpha value is -2.27. The number of benzene rings is 1. The van der Waals surface area contributed by atoms with Crippen molar-refractivity contribution in [1.82, 2.24) is 19.6 Å². The fourth-order valence-electron chi connectivity index (χ4n) is 2.26. The van der Waals surface area contributed by atoms with E-state index in [2.05, 4.69) is 23.2 Å². The van der Waals surface area contributed by atoms with E-state index in [1.165, 1.54) is 4.88 Å². The van der Waals surface area contributed by atoms with Crippen molar-refractivity contribution in [1.29, 1.82) is 0 Å². The molecule has 0 saturated heterocycles. The lowest BCUT2D eigenvalue weighted by Gasteiger charge is -2.04. The van der Waals surface area contributed by atoms with Gasteiger partial charge in [-0.05, 0) is 13.0 Å². The fraction of sp³-hybridized carbons (Fsp3) is 0.0714. The van der Waals surface area contributed by atoms with Gasteiger partial charge in [-0.2, -0.15) is 0 Å². The van der Waals surface area contributed by atoms with E-state index in [0.717, 1.165) is 27.3 Å². The molecule has 1 aromatic carbocycles. The summed E-state index contributed by atoms with van der Waals surface area (Å²) in [6.07, 6.45) is 1.72. The third-order valence-electron chi connectivity index (χ3n) is 3.09. The summed E-state index contributed by atoms with van der Waals surface area (Å²) in [4.78, 5) is 7.01. The maximum atomic E-state index is 4.77. The number of fused-ring (bicyclic) bond motifs is 3. The van der Waals surface area contributed by atoms with Gasteiger partial charge in [-0.25, -0.2) is 4.98 Å². The Bertz CT molecular complexity index is 876. The molecule has 3 heterocycles. The van der Waals surface area contributed by atoms with Gasteiger partial charge in [-0.15, -0.1) is 21.5 Å². The van der Waals surface area contributed by atoms with E-state index in [9.17, 15) is 0 Å². The SMILES string of the molecule is Cc1cc2c(nc(-c3ccccc3)n3cnnc23)s1. The van der Waals surface area contributed by atoms with Crippen LogP contribution in [-0.4, -0.2) is 19.6 Å². The van der Waals surface area contributed by atoms with Crippen LogP contribution in [0.15, 0.2) is 42.7 Å². The molecular weight excluding hydrogens is 256 g/mol. The number of hydrogen-bond donors (Lipinski definition) is 0. The van der Waals surface area contributed by atoms with Gasteiger partial charge in [0.2, 0.25) is 0 Å². The van der Waals surface area contributed by atoms with Gasteiger partial charge in [0.1, 0.15) is 17.0 Å². The van der Waals surface area contributed by atoms with Gasteiger partial charge < -0.3 is 0 Å². The van der Waals surface area contributed by atoms with Crippen molar-refractivity contribution in [2.75, 3.05) is 0 Å². The van der Waals surface area contributed by atoms with Crippen LogP contribution >= 0.6 is 11.3 Å². The highest BCUT2D eigenvalue weighted by Crippen LogP contribution is 2.29. The second-order valence-corrected chi connectivity index (χ2v) is 5.64. The normalized spacial score (nSPS) is 11.4. The Morgan fingerprint density at radius 1 is 1.16 bits per heavy atom. The average Bonchev–Trinajstić information content (AvgIpc) is 3.03. The predicted octanol–water partition coefficient (Wildman–Crippen LogP) is 3.31. The molecule has 0 radical (unpaired) electrons. The van der Waals surface area contributed by atoms with Gasteiger partial charge in [0.15, 0.2) is 5.65 Å². The van der Waals surface area contributed by atoms with Gasteiger partial charge in [0.25, 0.3) is 0 Å². The number of aryl methyl sites for hydroxylation is 1. The van der Waals surface area contributed by atoms with Crippen LogP contribution < -0.4 is 0 Å². The zero-order valence-corrected chi connectivity index (χ0v) is 11.1. The maximum absolute atomic E-state index is 4.77. The van der Waals surface area contributed by atoms with E-state index in [0.29, 0.717) is 0 Å². The summed E-state index contributed by atoms with van der Waals surface area (Å²) >= 11 is 1.69. The molecule has 0 aliphatic heterocycles. The Morgan fingerprint density at radius 2 is 2.00 bits per heavy atom. The highest BCUT2D eigenvalue weighted by molar-refractivity contribution is 7.18. The lowest BCUT2D eigenvalue weighted by molar-refractivity contribution is 1.09. The van der Waals surface area contributed by atoms with Crippen molar-refractivity contribution in [3.63, 3.8) is 0 Å². The molecule has 19 heavy (non-hydrogen) atoms. The molecule has 4 aromatic rings. The molecule has 0 bridgehead atoms. The number of rotatable bonds is 1. The maximum Gasteiger partial charge on any atom is 0.172 e. The number of aromatic nitrogens is 4. The number of thiophene rings is 1. The molecule has 0 saturated carbocycles. The van der Waals surface area contributed by atoms with Crippen LogP contribution in [0.4, 0.5) is 0 Å². The summed E-state index contributed by atoms with van der Waals surface area (Å²) in [5.74, 6) is 0.884. The molecule has 0 fully saturated rings. The van der Waals surface area contributed by atoms with E-state index in [1.54, 1.807) is 17.7 Å². The van der Waals surface area contributed by atoms with Crippen molar-refractivity contribution >= 4 is 27.2 Å². The quantitative estimate of drug-likeness (QED) is 0.531. The highest BCUT2D eigenvalue weighted by Gasteiger charge is 2.13. The minimum Gasteiger partial charge on any atom is -0.264 e. The second kappa shape index (κ2) is 3.86. The summed E-state index contributed by atoms with van der Waals surface area (Å²) in [6.45, 7) is 2.08. The molecule has 3 aromatic heterocycles. The van der Waals surface area contributed by atoms with Crippen molar-refractivity contribution in [3.8, 4) is 11.4 Å². The Labute approximate surface area is 113 Å². The van der Waals surface area contributed by atoms with Crippen LogP contribution in [0.25, 0.3) is 27.3 Å². The van der Waals surface area contributed by atoms with Crippen molar-refractivity contribution in [2.45, 2.75) is 6.92 Å². The lowest BCUT2D eigenvalue weighted by Crippen LogP contribution is -1.95. The lowest BCUT2D eigenvalue weighted by atomic mass is 10.2. The summed E-state index contributed by atoms with van der Waals surface area (Å²) in [7, 11) is 0. The van der Waals surface area contributed by atoms with Crippen molar-refractivity contribution in [2.24, 2.45) is 0 Å². The highest BCUT2D eigenvalue weighted by atomic mass is 32.1. The van der Waals surface area contributed by atoms with Crippen molar-refractivity contribution in [3.05, 3.63) is 47.6 Å². The predicted molar refractivity (Wildman–Crippen MR) is 76.3 cm³/mol. The fourth-order valence-corrected chi connectivity index (χ4v) is 3.13. The van der Waals surface area contributed by atoms with Gasteiger partial charge in [0, 0.05) is 10.4 Å². The monoisotopic (exact) mass is 266 g/mol. The van der Waals surface area contributed by atoms with E-state index >= 15 is 0 Å². The van der Waals surface area contributed by atoms with Gasteiger partial charge in [0.05, 0.1) is 5.39 Å². The van der Waals surface area contributed by atoms with Gasteiger partial charge in [-0.1, -0.05) is 30.3 Å². The molecule has 0 atom stereocenters. The molecule has 5 heteroatoms. The van der Waals surface area contributed by atoms with E-state index in [-0.39, 0.29) is 0 Å². The van der Waals surface area contributed by atoms with E-state index in [4.69, 9.17) is 4.98 Å².